The predicted molar refractivity (Wildman–Crippen MR) is 143 cm³/mol. The maximum absolute atomic E-state index is 13.2. The minimum absolute atomic E-state index is 0.234. The average Bonchev–Trinajstić information content (AvgIpc) is 2.86. The van der Waals surface area contributed by atoms with Crippen molar-refractivity contribution in [1.82, 2.24) is 4.90 Å². The minimum Gasteiger partial charge on any atom is -0.489 e. The largest absolute Gasteiger partial charge is 0.489 e. The Morgan fingerprint density at radius 3 is 2.11 bits per heavy atom. The molecule has 0 atom stereocenters. The molecule has 0 unspecified atom stereocenters. The molecule has 2 aromatic rings. The van der Waals surface area contributed by atoms with Crippen LogP contribution in [0.25, 0.3) is 0 Å². The van der Waals surface area contributed by atoms with Crippen LogP contribution < -0.4 is 9.04 Å². The van der Waals surface area contributed by atoms with Gasteiger partial charge in [0, 0.05) is 11.6 Å². The van der Waals surface area contributed by atoms with Crippen LogP contribution in [-0.2, 0) is 26.0 Å². The number of hydrogen-bond acceptors (Lipinski definition) is 6. The van der Waals surface area contributed by atoms with Crippen LogP contribution in [0.15, 0.2) is 47.4 Å². The van der Waals surface area contributed by atoms with Crippen LogP contribution in [-0.4, -0.2) is 68.3 Å². The highest BCUT2D eigenvalue weighted by atomic mass is 35.5. The first kappa shape index (κ1) is 30.4. The van der Waals surface area contributed by atoms with Crippen molar-refractivity contribution in [3.05, 3.63) is 53.1 Å². The molecule has 11 heteroatoms. The molecular formula is C26H35ClN2O7S. The van der Waals surface area contributed by atoms with Gasteiger partial charge in [0.05, 0.1) is 30.0 Å². The summed E-state index contributed by atoms with van der Waals surface area (Å²) in [5.74, 6) is -1.55. The number of benzene rings is 2. The number of carboxylic acids is 2. The first-order chi connectivity index (χ1) is 17.6. The van der Waals surface area contributed by atoms with Gasteiger partial charge in [-0.1, -0.05) is 31.5 Å². The Balaban J connectivity index is 0.000000521. The van der Waals surface area contributed by atoms with Gasteiger partial charge in [0.25, 0.3) is 10.0 Å². The highest BCUT2D eigenvalue weighted by molar-refractivity contribution is 7.92. The number of ether oxygens (including phenoxy) is 1. The second kappa shape index (κ2) is 14.8. The van der Waals surface area contributed by atoms with Crippen LogP contribution in [0.4, 0.5) is 5.69 Å². The lowest BCUT2D eigenvalue weighted by molar-refractivity contribution is -0.143. The van der Waals surface area contributed by atoms with Gasteiger partial charge in [-0.15, -0.1) is 0 Å². The van der Waals surface area contributed by atoms with Crippen molar-refractivity contribution in [3.8, 4) is 5.75 Å². The quantitative estimate of drug-likeness (QED) is 0.392. The third kappa shape index (κ3) is 9.53. The number of nitrogens with zero attached hydrogens (tertiary/aromatic N) is 2. The van der Waals surface area contributed by atoms with E-state index in [9.17, 15) is 18.0 Å². The number of sulfonamides is 1. The van der Waals surface area contributed by atoms with Crippen LogP contribution in [0, 0.1) is 0 Å². The minimum atomic E-state index is -3.67. The molecule has 0 amide bonds. The summed E-state index contributed by atoms with van der Waals surface area (Å²) < 4.78 is 33.6. The summed E-state index contributed by atoms with van der Waals surface area (Å²) in [6, 6.07) is 12.2. The molecule has 9 nitrogen and oxygen atoms in total. The van der Waals surface area contributed by atoms with Crippen LogP contribution in [0.2, 0.25) is 5.02 Å². The first-order valence-electron chi connectivity index (χ1n) is 12.3. The van der Waals surface area contributed by atoms with Gasteiger partial charge in [0.15, 0.2) is 0 Å². The van der Waals surface area contributed by atoms with Crippen molar-refractivity contribution in [1.29, 1.82) is 0 Å². The summed E-state index contributed by atoms with van der Waals surface area (Å²) >= 11 is 5.92. The van der Waals surface area contributed by atoms with E-state index in [4.69, 9.17) is 26.6 Å². The first-order valence-corrected chi connectivity index (χ1v) is 14.1. The zero-order valence-corrected chi connectivity index (χ0v) is 22.8. The second-order valence-corrected chi connectivity index (χ2v) is 10.9. The maximum atomic E-state index is 13.2. The molecule has 1 heterocycles. The SMILES string of the molecule is CCCN(CCC)CCc1ccc2c(c1)N(S(=O)(=O)c1ccc(Cl)cc1)CCO2.O=C(O)CCC(=O)O. The maximum Gasteiger partial charge on any atom is 0.303 e. The van der Waals surface area contributed by atoms with Crippen molar-refractivity contribution in [2.75, 3.05) is 37.1 Å². The van der Waals surface area contributed by atoms with E-state index >= 15 is 0 Å². The fraction of sp³-hybridized carbons (Fsp3) is 0.462. The number of carboxylic acid groups (broad SMARTS) is 2. The Hall–Kier alpha value is -2.82. The molecule has 1 aliphatic rings. The average molecular weight is 555 g/mol. The van der Waals surface area contributed by atoms with Crippen molar-refractivity contribution in [2.45, 2.75) is 50.8 Å². The van der Waals surface area contributed by atoms with E-state index in [1.807, 2.05) is 18.2 Å². The van der Waals surface area contributed by atoms with E-state index in [2.05, 4.69) is 18.7 Å². The van der Waals surface area contributed by atoms with Gasteiger partial charge >= 0.3 is 11.9 Å². The van der Waals surface area contributed by atoms with Crippen molar-refractivity contribution < 1.29 is 33.0 Å². The van der Waals surface area contributed by atoms with Gasteiger partial charge in [-0.3, -0.25) is 13.9 Å². The Labute approximate surface area is 223 Å². The zero-order valence-electron chi connectivity index (χ0n) is 21.2. The number of anilines is 1. The smallest absolute Gasteiger partial charge is 0.303 e. The van der Waals surface area contributed by atoms with Crippen LogP contribution in [0.3, 0.4) is 0 Å². The lowest BCUT2D eigenvalue weighted by Crippen LogP contribution is -2.38. The molecule has 3 rings (SSSR count). The Bertz CT molecular complexity index is 1120. The lowest BCUT2D eigenvalue weighted by Gasteiger charge is -2.31. The number of halogens is 1. The number of carbonyl (C=O) groups is 2. The molecule has 0 saturated carbocycles. The third-order valence-electron chi connectivity index (χ3n) is 5.59. The normalized spacial score (nSPS) is 12.8. The fourth-order valence-corrected chi connectivity index (χ4v) is 5.42. The van der Waals surface area contributed by atoms with Crippen LogP contribution in [0.5, 0.6) is 5.75 Å². The van der Waals surface area contributed by atoms with Gasteiger partial charge in [-0.2, -0.15) is 0 Å². The van der Waals surface area contributed by atoms with E-state index in [-0.39, 0.29) is 17.7 Å². The number of fused-ring (bicyclic) bond motifs is 1. The van der Waals surface area contributed by atoms with E-state index in [1.165, 1.54) is 4.31 Å². The molecule has 0 spiro atoms. The van der Waals surface area contributed by atoms with E-state index < -0.39 is 22.0 Å². The molecule has 37 heavy (non-hydrogen) atoms. The summed E-state index contributed by atoms with van der Waals surface area (Å²) in [5.41, 5.74) is 1.73. The molecule has 0 bridgehead atoms. The molecule has 204 valence electrons. The monoisotopic (exact) mass is 554 g/mol. The number of rotatable bonds is 12. The molecule has 0 fully saturated rings. The van der Waals surface area contributed by atoms with Crippen molar-refractivity contribution in [3.63, 3.8) is 0 Å². The molecule has 0 saturated heterocycles. The summed E-state index contributed by atoms with van der Waals surface area (Å²) in [4.78, 5) is 22.0. The molecule has 0 aromatic heterocycles. The van der Waals surface area contributed by atoms with Gasteiger partial charge in [-0.25, -0.2) is 8.42 Å². The Morgan fingerprint density at radius 2 is 1.57 bits per heavy atom. The van der Waals surface area contributed by atoms with E-state index in [0.29, 0.717) is 29.6 Å². The predicted octanol–water partition coefficient (Wildman–Crippen LogP) is 4.53. The van der Waals surface area contributed by atoms with Crippen LogP contribution in [0.1, 0.15) is 45.1 Å². The molecule has 2 N–H and O–H groups in total. The Kier molecular flexibility index (Phi) is 12.2. The van der Waals surface area contributed by atoms with Crippen molar-refractivity contribution >= 4 is 39.3 Å². The van der Waals surface area contributed by atoms with Gasteiger partial charge in [0.1, 0.15) is 12.4 Å². The molecule has 2 aromatic carbocycles. The summed E-state index contributed by atoms with van der Waals surface area (Å²) in [6.07, 6.45) is 2.54. The summed E-state index contributed by atoms with van der Waals surface area (Å²) in [5, 5.41) is 16.3. The Morgan fingerprint density at radius 1 is 0.973 bits per heavy atom. The van der Waals surface area contributed by atoms with Crippen LogP contribution >= 0.6 is 11.6 Å². The highest BCUT2D eigenvalue weighted by Crippen LogP contribution is 2.36. The standard InChI is InChI=1S/C22H29ClN2O3S.C4H6O4/c1-3-12-24(13-4-2)14-11-18-5-10-22-21(17-18)25(15-16-28-22)29(26,27)20-8-6-19(23)7-9-20;5-3(6)1-2-4(7)8/h5-10,17H,3-4,11-16H2,1-2H3;1-2H2,(H,5,6)(H,7,8). The van der Waals surface area contributed by atoms with Gasteiger partial charge in [0.2, 0.25) is 0 Å². The number of aliphatic carboxylic acids is 2. The summed E-state index contributed by atoms with van der Waals surface area (Å²) in [6.45, 7) is 8.14. The number of hydrogen-bond donors (Lipinski definition) is 2. The topological polar surface area (TPSA) is 124 Å². The van der Waals surface area contributed by atoms with E-state index in [1.54, 1.807) is 24.3 Å². The second-order valence-electron chi connectivity index (χ2n) is 8.56. The summed E-state index contributed by atoms with van der Waals surface area (Å²) in [7, 11) is -3.67. The third-order valence-corrected chi connectivity index (χ3v) is 7.67. The van der Waals surface area contributed by atoms with Crippen molar-refractivity contribution in [2.24, 2.45) is 0 Å². The zero-order chi connectivity index (χ0) is 27.4. The molecule has 1 aliphatic heterocycles. The molecular weight excluding hydrogens is 520 g/mol. The molecule has 0 aliphatic carbocycles. The van der Waals surface area contributed by atoms with Gasteiger partial charge < -0.3 is 19.8 Å². The fourth-order valence-electron chi connectivity index (χ4n) is 3.85. The lowest BCUT2D eigenvalue weighted by atomic mass is 10.1. The molecule has 0 radical (unpaired) electrons. The highest BCUT2D eigenvalue weighted by Gasteiger charge is 2.30. The van der Waals surface area contributed by atoms with E-state index in [0.717, 1.165) is 44.5 Å². The van der Waals surface area contributed by atoms with Gasteiger partial charge in [-0.05, 0) is 74.3 Å².